The van der Waals surface area contributed by atoms with Crippen molar-refractivity contribution in [1.82, 2.24) is 10.2 Å². The van der Waals surface area contributed by atoms with Crippen LogP contribution < -0.4 is 5.32 Å². The van der Waals surface area contributed by atoms with Gasteiger partial charge in [-0.1, -0.05) is 33.1 Å². The van der Waals surface area contributed by atoms with Crippen molar-refractivity contribution in [2.75, 3.05) is 6.54 Å². The van der Waals surface area contributed by atoms with Crippen LogP contribution in [0.2, 0.25) is 0 Å². The highest BCUT2D eigenvalue weighted by Gasteiger charge is 2.48. The Morgan fingerprint density at radius 3 is 2.50 bits per heavy atom. The maximum atomic E-state index is 12.7. The predicted molar refractivity (Wildman–Crippen MR) is 77.0 cm³/mol. The fourth-order valence-corrected chi connectivity index (χ4v) is 3.27. The van der Waals surface area contributed by atoms with Crippen LogP contribution in [0.3, 0.4) is 0 Å². The molecule has 2 aliphatic carbocycles. The molecule has 1 heterocycles. The summed E-state index contributed by atoms with van der Waals surface area (Å²) >= 11 is 0. The summed E-state index contributed by atoms with van der Waals surface area (Å²) < 4.78 is 0. The maximum Gasteiger partial charge on any atom is 0.246 e. The van der Waals surface area contributed by atoms with Crippen LogP contribution in [0.4, 0.5) is 0 Å². The monoisotopic (exact) mass is 278 g/mol. The van der Waals surface area contributed by atoms with Gasteiger partial charge >= 0.3 is 0 Å². The van der Waals surface area contributed by atoms with E-state index in [0.717, 1.165) is 38.1 Å². The molecule has 2 saturated carbocycles. The zero-order valence-electron chi connectivity index (χ0n) is 12.6. The molecule has 20 heavy (non-hydrogen) atoms. The highest BCUT2D eigenvalue weighted by atomic mass is 16.2. The summed E-state index contributed by atoms with van der Waals surface area (Å²) in [4.78, 5) is 27.1. The largest absolute Gasteiger partial charge is 0.342 e. The molecule has 0 aromatic carbocycles. The van der Waals surface area contributed by atoms with Crippen LogP contribution in [0.15, 0.2) is 0 Å². The Balaban J connectivity index is 1.75. The zero-order chi connectivity index (χ0) is 14.3. The van der Waals surface area contributed by atoms with Gasteiger partial charge in [0.1, 0.15) is 12.1 Å². The van der Waals surface area contributed by atoms with Crippen LogP contribution in [-0.4, -0.2) is 35.3 Å². The molecule has 3 atom stereocenters. The Morgan fingerprint density at radius 1 is 1.25 bits per heavy atom. The van der Waals surface area contributed by atoms with Gasteiger partial charge in [-0.15, -0.1) is 0 Å². The highest BCUT2D eigenvalue weighted by molar-refractivity contribution is 5.97. The van der Waals surface area contributed by atoms with E-state index < -0.39 is 0 Å². The fourth-order valence-electron chi connectivity index (χ4n) is 3.27. The number of nitrogens with zero attached hydrogens (tertiary/aromatic N) is 1. The van der Waals surface area contributed by atoms with Crippen LogP contribution in [0.25, 0.3) is 0 Å². The van der Waals surface area contributed by atoms with Gasteiger partial charge < -0.3 is 10.2 Å². The second kappa shape index (κ2) is 5.38. The summed E-state index contributed by atoms with van der Waals surface area (Å²) in [6.07, 6.45) is 6.77. The lowest BCUT2D eigenvalue weighted by molar-refractivity contribution is -0.152. The number of hydrogen-bond acceptors (Lipinski definition) is 2. The first kappa shape index (κ1) is 13.9. The van der Waals surface area contributed by atoms with Crippen LogP contribution in [0.5, 0.6) is 0 Å². The number of piperazine rings is 1. The number of carbonyl (C=O) groups excluding carboxylic acids is 2. The number of carbonyl (C=O) groups is 2. The molecule has 1 saturated heterocycles. The van der Waals surface area contributed by atoms with Crippen molar-refractivity contribution in [2.24, 2.45) is 17.8 Å². The van der Waals surface area contributed by atoms with Crippen molar-refractivity contribution < 1.29 is 9.59 Å². The quantitative estimate of drug-likeness (QED) is 0.807. The highest BCUT2D eigenvalue weighted by Crippen LogP contribution is 2.37. The molecule has 4 heteroatoms. The van der Waals surface area contributed by atoms with Gasteiger partial charge in [0.2, 0.25) is 11.8 Å². The molecule has 0 spiro atoms. The zero-order valence-corrected chi connectivity index (χ0v) is 12.6. The second-order valence-corrected chi connectivity index (χ2v) is 6.92. The lowest BCUT2D eigenvalue weighted by Crippen LogP contribution is -2.65. The summed E-state index contributed by atoms with van der Waals surface area (Å²) in [5, 5.41) is 3.00. The Hall–Kier alpha value is -1.06. The number of amides is 2. The van der Waals surface area contributed by atoms with Crippen molar-refractivity contribution >= 4 is 11.8 Å². The Morgan fingerprint density at radius 2 is 1.95 bits per heavy atom. The predicted octanol–water partition coefficient (Wildman–Crippen LogP) is 1.94. The Kier molecular flexibility index (Phi) is 3.74. The minimum Gasteiger partial charge on any atom is -0.342 e. The molecule has 3 rings (SSSR count). The molecule has 3 aliphatic rings. The van der Waals surface area contributed by atoms with Gasteiger partial charge in [-0.2, -0.15) is 0 Å². The fraction of sp³-hybridized carbons (Fsp3) is 0.875. The summed E-state index contributed by atoms with van der Waals surface area (Å²) in [7, 11) is 0. The summed E-state index contributed by atoms with van der Waals surface area (Å²) in [5.74, 6) is 1.68. The van der Waals surface area contributed by atoms with E-state index in [4.69, 9.17) is 0 Å². The van der Waals surface area contributed by atoms with Crippen molar-refractivity contribution in [3.8, 4) is 0 Å². The molecule has 112 valence electrons. The van der Waals surface area contributed by atoms with E-state index in [0.29, 0.717) is 5.92 Å². The molecule has 0 radical (unpaired) electrons. The van der Waals surface area contributed by atoms with Crippen LogP contribution in [-0.2, 0) is 9.59 Å². The average Bonchev–Trinajstić information content (AvgIpc) is 3.30. The number of rotatable bonds is 6. The third-order valence-electron chi connectivity index (χ3n) is 5.20. The van der Waals surface area contributed by atoms with Crippen molar-refractivity contribution in [2.45, 2.75) is 64.5 Å². The normalized spacial score (nSPS) is 32.2. The number of hydrogen-bond donors (Lipinski definition) is 1. The van der Waals surface area contributed by atoms with E-state index in [9.17, 15) is 9.59 Å². The first-order chi connectivity index (χ1) is 9.61. The van der Waals surface area contributed by atoms with Crippen LogP contribution >= 0.6 is 0 Å². The van der Waals surface area contributed by atoms with E-state index in [-0.39, 0.29) is 29.8 Å². The minimum absolute atomic E-state index is 0.0756. The molecule has 3 unspecified atom stereocenters. The van der Waals surface area contributed by atoms with E-state index in [1.54, 1.807) is 0 Å². The first-order valence-corrected chi connectivity index (χ1v) is 8.22. The molecule has 0 aromatic rings. The molecular formula is C16H26N2O2. The van der Waals surface area contributed by atoms with E-state index in [1.807, 2.05) is 4.90 Å². The molecular weight excluding hydrogens is 252 g/mol. The summed E-state index contributed by atoms with van der Waals surface area (Å²) in [6, 6.07) is -0.483. The van der Waals surface area contributed by atoms with Gasteiger partial charge in [-0.25, -0.2) is 0 Å². The van der Waals surface area contributed by atoms with Gasteiger partial charge in [-0.3, -0.25) is 9.59 Å². The standard InChI is InChI=1S/C16H26N2O2/c1-3-10(2)14-15(19)17-13(12-6-7-12)16(20)18(14)9-8-11-4-5-11/h10-14H,3-9H2,1-2H3,(H,17,19). The Bertz CT molecular complexity index is 401. The minimum atomic E-state index is -0.249. The summed E-state index contributed by atoms with van der Waals surface area (Å²) in [5.41, 5.74) is 0. The molecule has 4 nitrogen and oxygen atoms in total. The number of nitrogens with one attached hydrogen (secondary N) is 1. The van der Waals surface area contributed by atoms with E-state index in [1.165, 1.54) is 12.8 Å². The van der Waals surface area contributed by atoms with Gasteiger partial charge in [-0.05, 0) is 37.0 Å². The molecule has 1 aliphatic heterocycles. The van der Waals surface area contributed by atoms with Crippen LogP contribution in [0, 0.1) is 17.8 Å². The second-order valence-electron chi connectivity index (χ2n) is 6.92. The van der Waals surface area contributed by atoms with Gasteiger partial charge in [0.05, 0.1) is 0 Å². The maximum absolute atomic E-state index is 12.7. The molecule has 2 amide bonds. The molecule has 1 N–H and O–H groups in total. The third-order valence-corrected chi connectivity index (χ3v) is 5.20. The van der Waals surface area contributed by atoms with Crippen molar-refractivity contribution in [1.29, 1.82) is 0 Å². The van der Waals surface area contributed by atoms with Gasteiger partial charge in [0, 0.05) is 6.54 Å². The first-order valence-electron chi connectivity index (χ1n) is 8.22. The van der Waals surface area contributed by atoms with Crippen molar-refractivity contribution in [3.05, 3.63) is 0 Å². The van der Waals surface area contributed by atoms with Gasteiger partial charge in [0.25, 0.3) is 0 Å². The SMILES string of the molecule is CCC(C)C1C(=O)NC(C2CC2)C(=O)N1CCC1CC1. The van der Waals surface area contributed by atoms with Crippen LogP contribution in [0.1, 0.15) is 52.4 Å². The molecule has 0 aromatic heterocycles. The van der Waals surface area contributed by atoms with Crippen molar-refractivity contribution in [3.63, 3.8) is 0 Å². The summed E-state index contributed by atoms with van der Waals surface area (Å²) in [6.45, 7) is 4.95. The molecule has 0 bridgehead atoms. The lowest BCUT2D eigenvalue weighted by atomic mass is 9.92. The lowest BCUT2D eigenvalue weighted by Gasteiger charge is -2.41. The van der Waals surface area contributed by atoms with E-state index >= 15 is 0 Å². The smallest absolute Gasteiger partial charge is 0.246 e. The third kappa shape index (κ3) is 2.70. The Labute approximate surface area is 121 Å². The van der Waals surface area contributed by atoms with Gasteiger partial charge in [0.15, 0.2) is 0 Å². The topological polar surface area (TPSA) is 49.4 Å². The molecule has 3 fully saturated rings. The van der Waals surface area contributed by atoms with E-state index in [2.05, 4.69) is 19.2 Å². The average molecular weight is 278 g/mol.